The second-order valence-electron chi connectivity index (χ2n) is 7.34. The van der Waals surface area contributed by atoms with Crippen LogP contribution in [0.1, 0.15) is 23.4 Å². The first kappa shape index (κ1) is 19.8. The molecule has 1 aliphatic heterocycles. The van der Waals surface area contributed by atoms with E-state index in [4.69, 9.17) is 23.6 Å². The summed E-state index contributed by atoms with van der Waals surface area (Å²) in [5.74, 6) is 1.35. The zero-order valence-electron chi connectivity index (χ0n) is 17.3. The number of carbonyl (C=O) groups excluding carboxylic acids is 1. The van der Waals surface area contributed by atoms with Crippen LogP contribution in [-0.2, 0) is 4.74 Å². The average Bonchev–Trinajstić information content (AvgIpc) is 3.55. The van der Waals surface area contributed by atoms with Crippen LogP contribution in [0.15, 0.2) is 46.9 Å². The van der Waals surface area contributed by atoms with Crippen LogP contribution in [0.3, 0.4) is 0 Å². The summed E-state index contributed by atoms with van der Waals surface area (Å²) in [6.45, 7) is 1.11. The van der Waals surface area contributed by atoms with Crippen molar-refractivity contribution in [3.8, 4) is 11.5 Å². The Bertz CT molecular complexity index is 1170. The monoisotopic (exact) mass is 438 g/mol. The second-order valence-corrected chi connectivity index (χ2v) is 8.32. The lowest BCUT2D eigenvalue weighted by Gasteiger charge is -2.22. The van der Waals surface area contributed by atoms with Crippen LogP contribution in [0.25, 0.3) is 21.2 Å². The van der Waals surface area contributed by atoms with Gasteiger partial charge < -0.3 is 18.6 Å². The number of amides is 1. The van der Waals surface area contributed by atoms with Crippen molar-refractivity contribution in [1.29, 1.82) is 0 Å². The minimum Gasteiger partial charge on any atom is -0.495 e. The molecule has 4 aromatic rings. The van der Waals surface area contributed by atoms with E-state index in [1.54, 1.807) is 25.2 Å². The molecule has 1 fully saturated rings. The number of benzene rings is 2. The smallest absolute Gasteiger partial charge is 0.295 e. The summed E-state index contributed by atoms with van der Waals surface area (Å²) in [4.78, 5) is 20.0. The molecule has 0 radical (unpaired) electrons. The maximum Gasteiger partial charge on any atom is 0.295 e. The minimum atomic E-state index is -0.247. The van der Waals surface area contributed by atoms with Crippen molar-refractivity contribution in [3.63, 3.8) is 0 Å². The molecular weight excluding hydrogens is 416 g/mol. The molecule has 8 heteroatoms. The topological polar surface area (TPSA) is 74.0 Å². The fraction of sp³-hybridized carbons (Fsp3) is 0.304. The number of para-hydroxylation sites is 1. The van der Waals surface area contributed by atoms with Crippen molar-refractivity contribution in [2.24, 2.45) is 0 Å². The minimum absolute atomic E-state index is 0.0378. The number of ether oxygens (including phenoxy) is 3. The van der Waals surface area contributed by atoms with Gasteiger partial charge in [-0.2, -0.15) is 0 Å². The molecule has 1 aliphatic rings. The Morgan fingerprint density at radius 1 is 1.19 bits per heavy atom. The Balaban J connectivity index is 1.59. The zero-order valence-corrected chi connectivity index (χ0v) is 18.1. The Morgan fingerprint density at radius 2 is 2.00 bits per heavy atom. The summed E-state index contributed by atoms with van der Waals surface area (Å²) in [6.07, 6.45) is 1.85. The molecule has 1 saturated heterocycles. The number of aromatic nitrogens is 1. The molecule has 160 valence electrons. The molecule has 5 rings (SSSR count). The van der Waals surface area contributed by atoms with Gasteiger partial charge in [0.1, 0.15) is 27.3 Å². The highest BCUT2D eigenvalue weighted by Crippen LogP contribution is 2.40. The maximum atomic E-state index is 13.6. The summed E-state index contributed by atoms with van der Waals surface area (Å²) >= 11 is 1.39. The number of anilines is 1. The van der Waals surface area contributed by atoms with E-state index < -0.39 is 0 Å². The van der Waals surface area contributed by atoms with E-state index in [0.29, 0.717) is 40.9 Å². The van der Waals surface area contributed by atoms with Gasteiger partial charge in [-0.1, -0.05) is 29.5 Å². The van der Waals surface area contributed by atoms with Crippen molar-refractivity contribution in [2.75, 3.05) is 32.3 Å². The lowest BCUT2D eigenvalue weighted by molar-refractivity contribution is 0.0896. The molecule has 1 atom stereocenters. The molecule has 31 heavy (non-hydrogen) atoms. The van der Waals surface area contributed by atoms with Crippen LogP contribution < -0.4 is 14.4 Å². The van der Waals surface area contributed by atoms with Gasteiger partial charge in [0.15, 0.2) is 10.9 Å². The number of methoxy groups -OCH3 is 2. The Morgan fingerprint density at radius 3 is 2.74 bits per heavy atom. The maximum absolute atomic E-state index is 13.6. The predicted molar refractivity (Wildman–Crippen MR) is 120 cm³/mol. The summed E-state index contributed by atoms with van der Waals surface area (Å²) in [5, 5.41) is 1.44. The van der Waals surface area contributed by atoms with Crippen LogP contribution in [-0.4, -0.2) is 44.4 Å². The third-order valence-electron chi connectivity index (χ3n) is 5.42. The standard InChI is InChI=1S/C23H22N2O5S/c1-27-17-9-10-18(28-2)21-20(17)24-23(31-21)25(13-15-7-5-11-29-15)22(26)19-12-14-6-3-4-8-16(14)30-19/h3-4,6,8-10,12,15H,5,7,11,13H2,1-2H3. The van der Waals surface area contributed by atoms with Crippen LogP contribution in [0.5, 0.6) is 11.5 Å². The van der Waals surface area contributed by atoms with Crippen LogP contribution in [0.2, 0.25) is 0 Å². The van der Waals surface area contributed by atoms with Gasteiger partial charge in [0.25, 0.3) is 5.91 Å². The van der Waals surface area contributed by atoms with E-state index in [2.05, 4.69) is 0 Å². The molecule has 1 unspecified atom stereocenters. The SMILES string of the molecule is COc1ccc(OC)c2sc(N(CC3CCCO3)C(=O)c3cc4ccccc4o3)nc12. The van der Waals surface area contributed by atoms with E-state index in [1.165, 1.54) is 11.3 Å². The van der Waals surface area contributed by atoms with Crippen molar-refractivity contribution in [2.45, 2.75) is 18.9 Å². The van der Waals surface area contributed by atoms with Gasteiger partial charge in [0.2, 0.25) is 0 Å². The third kappa shape index (κ3) is 3.62. The fourth-order valence-electron chi connectivity index (χ4n) is 3.85. The molecule has 0 aliphatic carbocycles. The van der Waals surface area contributed by atoms with Crippen LogP contribution >= 0.6 is 11.3 Å². The van der Waals surface area contributed by atoms with Gasteiger partial charge in [-0.3, -0.25) is 9.69 Å². The summed E-state index contributed by atoms with van der Waals surface area (Å²) in [7, 11) is 3.22. The zero-order chi connectivity index (χ0) is 21.4. The Hall–Kier alpha value is -3.10. The molecule has 0 saturated carbocycles. The summed E-state index contributed by atoms with van der Waals surface area (Å²) in [6, 6.07) is 13.0. The highest BCUT2D eigenvalue weighted by molar-refractivity contribution is 7.22. The van der Waals surface area contributed by atoms with Crippen molar-refractivity contribution in [1.82, 2.24) is 4.98 Å². The lowest BCUT2D eigenvalue weighted by atomic mass is 10.2. The third-order valence-corrected chi connectivity index (χ3v) is 6.51. The second kappa shape index (κ2) is 8.20. The number of rotatable bonds is 6. The number of fused-ring (bicyclic) bond motifs is 2. The van der Waals surface area contributed by atoms with Gasteiger partial charge in [0, 0.05) is 12.0 Å². The van der Waals surface area contributed by atoms with E-state index >= 15 is 0 Å². The molecule has 2 aromatic heterocycles. The Labute approximate surface area is 183 Å². The quantitative estimate of drug-likeness (QED) is 0.427. The number of thiazole rings is 1. The summed E-state index contributed by atoms with van der Waals surface area (Å²) in [5.41, 5.74) is 1.34. The number of carbonyl (C=O) groups is 1. The first-order valence-electron chi connectivity index (χ1n) is 10.1. The molecule has 1 amide bonds. The summed E-state index contributed by atoms with van der Waals surface area (Å²) < 4.78 is 23.5. The van der Waals surface area contributed by atoms with Gasteiger partial charge in [-0.25, -0.2) is 4.98 Å². The van der Waals surface area contributed by atoms with Crippen molar-refractivity contribution < 1.29 is 23.4 Å². The fourth-order valence-corrected chi connectivity index (χ4v) is 4.93. The van der Waals surface area contributed by atoms with Gasteiger partial charge in [0.05, 0.1) is 26.9 Å². The van der Waals surface area contributed by atoms with Gasteiger partial charge >= 0.3 is 0 Å². The van der Waals surface area contributed by atoms with E-state index in [9.17, 15) is 4.79 Å². The molecular formula is C23H22N2O5S. The highest BCUT2D eigenvalue weighted by atomic mass is 32.1. The molecule has 3 heterocycles. The lowest BCUT2D eigenvalue weighted by Crippen LogP contribution is -2.37. The largest absolute Gasteiger partial charge is 0.495 e. The molecule has 0 bridgehead atoms. The molecule has 2 aromatic carbocycles. The first-order valence-corrected chi connectivity index (χ1v) is 10.9. The molecule has 7 nitrogen and oxygen atoms in total. The van der Waals surface area contributed by atoms with Crippen molar-refractivity contribution >= 4 is 43.6 Å². The molecule has 0 spiro atoms. The number of furan rings is 1. The molecule has 0 N–H and O–H groups in total. The number of hydrogen-bond acceptors (Lipinski definition) is 7. The highest BCUT2D eigenvalue weighted by Gasteiger charge is 2.30. The number of hydrogen-bond donors (Lipinski definition) is 0. The number of nitrogens with zero attached hydrogens (tertiary/aromatic N) is 2. The van der Waals surface area contributed by atoms with Crippen LogP contribution in [0.4, 0.5) is 5.13 Å². The van der Waals surface area contributed by atoms with E-state index in [-0.39, 0.29) is 17.8 Å². The average molecular weight is 439 g/mol. The van der Waals surface area contributed by atoms with E-state index in [1.807, 2.05) is 36.4 Å². The van der Waals surface area contributed by atoms with Crippen LogP contribution in [0, 0.1) is 0 Å². The normalized spacial score (nSPS) is 16.1. The predicted octanol–water partition coefficient (Wildman–Crippen LogP) is 4.89. The van der Waals surface area contributed by atoms with Gasteiger partial charge in [-0.05, 0) is 37.1 Å². The van der Waals surface area contributed by atoms with Crippen molar-refractivity contribution in [3.05, 3.63) is 48.2 Å². The van der Waals surface area contributed by atoms with Gasteiger partial charge in [-0.15, -0.1) is 0 Å². The Kier molecular flexibility index (Phi) is 5.25. The first-order chi connectivity index (χ1) is 15.2. The van der Waals surface area contributed by atoms with E-state index in [0.717, 1.165) is 22.9 Å².